The molecule has 0 saturated carbocycles. The van der Waals surface area contributed by atoms with Gasteiger partial charge in [-0.25, -0.2) is 0 Å². The molecule has 0 radical (unpaired) electrons. The minimum Gasteiger partial charge on any atom is -0.487 e. The van der Waals surface area contributed by atoms with Crippen LogP contribution in [0.4, 0.5) is 0 Å². The lowest BCUT2D eigenvalue weighted by molar-refractivity contribution is -0.137. The van der Waals surface area contributed by atoms with Crippen molar-refractivity contribution >= 4 is 52.3 Å². The van der Waals surface area contributed by atoms with E-state index in [2.05, 4.69) is 33.9 Å². The number of aryl methyl sites for hydroxylation is 3. The van der Waals surface area contributed by atoms with Crippen molar-refractivity contribution in [1.29, 1.82) is 0 Å². The highest BCUT2D eigenvalue weighted by Gasteiger charge is 2.44. The summed E-state index contributed by atoms with van der Waals surface area (Å²) in [4.78, 5) is 61.7. The summed E-state index contributed by atoms with van der Waals surface area (Å²) in [5.74, 6) is 1.27. The van der Waals surface area contributed by atoms with Crippen molar-refractivity contribution in [2.24, 2.45) is 4.99 Å². The Labute approximate surface area is 315 Å². The molecule has 2 atom stereocenters. The predicted octanol–water partition coefficient (Wildman–Crippen LogP) is 5.34. The number of imide groups is 1. The molecule has 9 rings (SSSR count). The van der Waals surface area contributed by atoms with Crippen molar-refractivity contribution in [2.45, 2.75) is 89.9 Å². The molecule has 2 aromatic heterocycles. The summed E-state index contributed by atoms with van der Waals surface area (Å²) >= 11 is 7.95. The summed E-state index contributed by atoms with van der Waals surface area (Å²) in [5, 5.41) is 13.0. The second kappa shape index (κ2) is 12.6. The van der Waals surface area contributed by atoms with Crippen LogP contribution in [0.2, 0.25) is 5.02 Å². The molecule has 2 aromatic carbocycles. The van der Waals surface area contributed by atoms with Gasteiger partial charge in [-0.1, -0.05) is 23.7 Å². The monoisotopic (exact) mass is 751 g/mol. The van der Waals surface area contributed by atoms with Crippen LogP contribution >= 0.6 is 22.9 Å². The van der Waals surface area contributed by atoms with Crippen LogP contribution in [0.1, 0.15) is 99.3 Å². The first-order valence-corrected chi connectivity index (χ1v) is 19.3. The van der Waals surface area contributed by atoms with Crippen LogP contribution in [0, 0.1) is 20.8 Å². The molecule has 0 bridgehead atoms. The first-order valence-electron chi connectivity index (χ1n) is 18.1. The van der Waals surface area contributed by atoms with E-state index in [9.17, 15) is 19.2 Å². The van der Waals surface area contributed by atoms with Gasteiger partial charge < -0.3 is 14.5 Å². The molecule has 2 saturated heterocycles. The van der Waals surface area contributed by atoms with Crippen LogP contribution in [0.15, 0.2) is 41.4 Å². The number of carbonyl (C=O) groups excluding carboxylic acids is 4. The topological polar surface area (TPSA) is 139 Å². The molecular formula is C39H38ClN7O5S. The third kappa shape index (κ3) is 5.67. The summed E-state index contributed by atoms with van der Waals surface area (Å²) in [6, 6.07) is 10.4. The third-order valence-electron chi connectivity index (χ3n) is 11.6. The number of nitrogens with zero attached hydrogens (tertiary/aromatic N) is 6. The van der Waals surface area contributed by atoms with Crippen molar-refractivity contribution in [3.05, 3.63) is 91.3 Å². The van der Waals surface area contributed by atoms with Crippen LogP contribution < -0.4 is 10.1 Å². The van der Waals surface area contributed by atoms with Crippen LogP contribution in [0.25, 0.3) is 5.00 Å². The number of rotatable bonds is 4. The lowest BCUT2D eigenvalue weighted by Gasteiger charge is -2.44. The van der Waals surface area contributed by atoms with E-state index in [0.717, 1.165) is 62.9 Å². The van der Waals surface area contributed by atoms with Crippen molar-refractivity contribution in [3.63, 3.8) is 0 Å². The number of hydrogen-bond acceptors (Lipinski definition) is 9. The second-order valence-corrected chi connectivity index (χ2v) is 16.4. The zero-order valence-electron chi connectivity index (χ0n) is 29.7. The normalized spacial score (nSPS) is 21.7. The lowest BCUT2D eigenvalue weighted by atomic mass is 9.82. The molecule has 1 N–H and O–H groups in total. The van der Waals surface area contributed by atoms with Crippen LogP contribution in [-0.4, -0.2) is 78.6 Å². The molecule has 1 spiro atoms. The molecular weight excluding hydrogens is 714 g/mol. The Morgan fingerprint density at radius 3 is 2.55 bits per heavy atom. The number of aliphatic imine (C=N–C) groups is 1. The Morgan fingerprint density at radius 2 is 1.79 bits per heavy atom. The van der Waals surface area contributed by atoms with Gasteiger partial charge in [-0.2, -0.15) is 0 Å². The summed E-state index contributed by atoms with van der Waals surface area (Å²) in [7, 11) is 0. The Hall–Kier alpha value is -4.88. The minimum atomic E-state index is -0.659. The molecule has 7 heterocycles. The lowest BCUT2D eigenvalue weighted by Crippen LogP contribution is -2.52. The first-order chi connectivity index (χ1) is 25.5. The van der Waals surface area contributed by atoms with Gasteiger partial charge in [0.15, 0.2) is 5.82 Å². The van der Waals surface area contributed by atoms with Crippen LogP contribution in [0.3, 0.4) is 0 Å². The third-order valence-corrected chi connectivity index (χ3v) is 13.1. The number of fused-ring (bicyclic) bond motifs is 5. The number of hydrogen-bond donors (Lipinski definition) is 1. The molecule has 2 fully saturated rings. The average molecular weight is 752 g/mol. The van der Waals surface area contributed by atoms with Gasteiger partial charge in [0.05, 0.1) is 12.1 Å². The molecule has 53 heavy (non-hydrogen) atoms. The zero-order valence-corrected chi connectivity index (χ0v) is 31.3. The van der Waals surface area contributed by atoms with Gasteiger partial charge in [-0.05, 0) is 81.0 Å². The number of benzene rings is 2. The largest absolute Gasteiger partial charge is 0.487 e. The van der Waals surface area contributed by atoms with Crippen molar-refractivity contribution in [3.8, 4) is 10.8 Å². The smallest absolute Gasteiger partial charge is 0.255 e. The van der Waals surface area contributed by atoms with Gasteiger partial charge in [0.2, 0.25) is 17.7 Å². The minimum absolute atomic E-state index is 0.00972. The molecule has 14 heteroatoms. The number of aromatic nitrogens is 3. The van der Waals surface area contributed by atoms with Crippen molar-refractivity contribution in [1.82, 2.24) is 29.9 Å². The number of halogens is 1. The number of piperidine rings is 2. The van der Waals surface area contributed by atoms with Crippen LogP contribution in [-0.2, 0) is 27.3 Å². The summed E-state index contributed by atoms with van der Waals surface area (Å²) in [6.45, 7) is 7.56. The SMILES string of the molecule is Cc1sc2c(c1C)C(c1ccc(Cl)cc1)=N[C@@H](CC(=O)N1CCC3(CCc4cc5c(cc4O3)CN(C3CCC(=O)NC3=O)C5=O)CC1)c1nnc(C)n1-2. The highest BCUT2D eigenvalue weighted by molar-refractivity contribution is 7.15. The van der Waals surface area contributed by atoms with E-state index >= 15 is 0 Å². The molecule has 5 aliphatic heterocycles. The number of likely N-dealkylation sites (tertiary alicyclic amines) is 1. The van der Waals surface area contributed by atoms with E-state index in [4.69, 9.17) is 21.3 Å². The van der Waals surface area contributed by atoms with Crippen LogP contribution in [0.5, 0.6) is 5.75 Å². The maximum atomic E-state index is 14.1. The first kappa shape index (κ1) is 33.9. The highest BCUT2D eigenvalue weighted by atomic mass is 35.5. The maximum absolute atomic E-state index is 14.1. The Bertz CT molecular complexity index is 2270. The highest BCUT2D eigenvalue weighted by Crippen LogP contribution is 2.44. The van der Waals surface area contributed by atoms with E-state index in [1.165, 1.54) is 4.88 Å². The second-order valence-electron chi connectivity index (χ2n) is 14.8. The van der Waals surface area contributed by atoms with Gasteiger partial charge in [-0.3, -0.25) is 34.1 Å². The molecule has 5 aliphatic rings. The number of nitrogens with one attached hydrogen (secondary N) is 1. The zero-order chi connectivity index (χ0) is 36.8. The predicted molar refractivity (Wildman–Crippen MR) is 198 cm³/mol. The van der Waals surface area contributed by atoms with E-state index in [1.54, 1.807) is 16.2 Å². The fraction of sp³-hybridized carbons (Fsp3) is 0.410. The Morgan fingerprint density at radius 1 is 1.02 bits per heavy atom. The molecule has 12 nitrogen and oxygen atoms in total. The molecule has 1 unspecified atom stereocenters. The van der Waals surface area contributed by atoms with Crippen molar-refractivity contribution in [2.75, 3.05) is 13.1 Å². The average Bonchev–Trinajstić information content (AvgIpc) is 3.74. The summed E-state index contributed by atoms with van der Waals surface area (Å²) in [5.41, 5.74) is 5.92. The van der Waals surface area contributed by atoms with Crippen molar-refractivity contribution < 1.29 is 23.9 Å². The number of amides is 4. The standard InChI is InChI=1S/C39H38ClN7O5S/c1-20-21(2)53-38-33(20)34(23-4-6-26(40)7-5-23)41-28(35-44-43-22(3)47(35)38)18-32(49)45-14-12-39(13-15-45)11-10-24-16-27-25(17-30(24)52-39)19-46(37(27)51)29-8-9-31(48)42-36(29)50/h4-7,16-17,28-29H,8-15,18-19H2,1-3H3,(H,42,48,50)/t28-,29?/m0/s1. The quantitative estimate of drug-likeness (QED) is 0.278. The number of thiophene rings is 1. The molecule has 272 valence electrons. The van der Waals surface area contributed by atoms with Gasteiger partial charge in [0, 0.05) is 65.5 Å². The molecule has 4 aromatic rings. The Kier molecular flexibility index (Phi) is 8.08. The number of carbonyl (C=O) groups is 4. The Balaban J connectivity index is 0.923. The summed E-state index contributed by atoms with van der Waals surface area (Å²) < 4.78 is 8.82. The maximum Gasteiger partial charge on any atom is 0.255 e. The van der Waals surface area contributed by atoms with Gasteiger partial charge >= 0.3 is 0 Å². The van der Waals surface area contributed by atoms with E-state index < -0.39 is 23.6 Å². The fourth-order valence-corrected chi connectivity index (χ4v) is 9.86. The fourth-order valence-electron chi connectivity index (χ4n) is 8.52. The van der Waals surface area contributed by atoms with E-state index in [0.29, 0.717) is 55.3 Å². The summed E-state index contributed by atoms with van der Waals surface area (Å²) in [6.07, 6.45) is 3.61. The van der Waals surface area contributed by atoms with Gasteiger partial charge in [0.25, 0.3) is 5.91 Å². The number of ether oxygens (including phenoxy) is 1. The van der Waals surface area contributed by atoms with Gasteiger partial charge in [-0.15, -0.1) is 21.5 Å². The molecule has 4 amide bonds. The van der Waals surface area contributed by atoms with Gasteiger partial charge in [0.1, 0.15) is 34.3 Å². The van der Waals surface area contributed by atoms with E-state index in [-0.39, 0.29) is 30.6 Å². The molecule has 0 aliphatic carbocycles. The van der Waals surface area contributed by atoms with E-state index in [1.807, 2.05) is 48.2 Å².